The largest absolute Gasteiger partial charge is 0.495 e. The Hall–Kier alpha value is -1.86. The zero-order chi connectivity index (χ0) is 17.7. The molecule has 0 aliphatic rings. The number of amides is 2. The van der Waals surface area contributed by atoms with Gasteiger partial charge in [0.05, 0.1) is 17.7 Å². The standard InChI is InChI=1S/C17H19BrN2O3S/c1-10(2)15(20-16(21)14-5-4-8-24-14)17(22)19-12-9-11(18)6-7-13(12)23-3/h4-10,15H,1-3H3,(H,19,22)(H,20,21). The first kappa shape index (κ1) is 18.5. The first-order chi connectivity index (χ1) is 11.4. The van der Waals surface area contributed by atoms with Gasteiger partial charge in [0, 0.05) is 4.47 Å². The number of ether oxygens (including phenoxy) is 1. The van der Waals surface area contributed by atoms with E-state index in [4.69, 9.17) is 4.74 Å². The second kappa shape index (κ2) is 8.30. The third-order valence-corrected chi connectivity index (χ3v) is 4.76. The summed E-state index contributed by atoms with van der Waals surface area (Å²) in [7, 11) is 1.54. The Labute approximate surface area is 153 Å². The fourth-order valence-corrected chi connectivity index (χ4v) is 3.13. The van der Waals surface area contributed by atoms with E-state index in [1.807, 2.05) is 25.3 Å². The zero-order valence-electron chi connectivity index (χ0n) is 13.6. The number of thiophene rings is 1. The van der Waals surface area contributed by atoms with Crippen LogP contribution in [0.1, 0.15) is 23.5 Å². The molecule has 2 aromatic rings. The lowest BCUT2D eigenvalue weighted by atomic mass is 10.0. The average molecular weight is 411 g/mol. The number of halogens is 1. The molecule has 1 unspecified atom stereocenters. The van der Waals surface area contributed by atoms with Crippen LogP contribution in [0.5, 0.6) is 5.75 Å². The van der Waals surface area contributed by atoms with Crippen LogP contribution in [-0.2, 0) is 4.79 Å². The molecule has 0 saturated carbocycles. The fourth-order valence-electron chi connectivity index (χ4n) is 2.14. The number of benzene rings is 1. The molecule has 24 heavy (non-hydrogen) atoms. The molecule has 2 amide bonds. The van der Waals surface area contributed by atoms with Crippen molar-refractivity contribution in [3.8, 4) is 5.75 Å². The van der Waals surface area contributed by atoms with Crippen molar-refractivity contribution in [2.24, 2.45) is 5.92 Å². The van der Waals surface area contributed by atoms with Crippen molar-refractivity contribution in [1.82, 2.24) is 5.32 Å². The van der Waals surface area contributed by atoms with Crippen LogP contribution in [0.25, 0.3) is 0 Å². The van der Waals surface area contributed by atoms with E-state index in [9.17, 15) is 9.59 Å². The molecule has 0 aliphatic heterocycles. The van der Waals surface area contributed by atoms with Crippen LogP contribution in [0.3, 0.4) is 0 Å². The topological polar surface area (TPSA) is 67.4 Å². The maximum atomic E-state index is 12.6. The summed E-state index contributed by atoms with van der Waals surface area (Å²) in [4.78, 5) is 25.5. The van der Waals surface area contributed by atoms with E-state index >= 15 is 0 Å². The van der Waals surface area contributed by atoms with Crippen LogP contribution >= 0.6 is 27.3 Å². The Kier molecular flexibility index (Phi) is 6.39. The number of hydrogen-bond acceptors (Lipinski definition) is 4. The molecular formula is C17H19BrN2O3S. The zero-order valence-corrected chi connectivity index (χ0v) is 16.0. The van der Waals surface area contributed by atoms with Crippen LogP contribution in [-0.4, -0.2) is 25.0 Å². The molecule has 5 nitrogen and oxygen atoms in total. The number of nitrogens with one attached hydrogen (secondary N) is 2. The molecule has 1 aromatic carbocycles. The Balaban J connectivity index is 2.15. The highest BCUT2D eigenvalue weighted by Crippen LogP contribution is 2.28. The van der Waals surface area contributed by atoms with Crippen molar-refractivity contribution in [2.75, 3.05) is 12.4 Å². The molecule has 2 rings (SSSR count). The van der Waals surface area contributed by atoms with Crippen LogP contribution in [0.4, 0.5) is 5.69 Å². The van der Waals surface area contributed by atoms with Gasteiger partial charge in [-0.05, 0) is 35.6 Å². The molecule has 0 aliphatic carbocycles. The van der Waals surface area contributed by atoms with E-state index in [0.717, 1.165) is 4.47 Å². The number of carbonyl (C=O) groups is 2. The SMILES string of the molecule is COc1ccc(Br)cc1NC(=O)C(NC(=O)c1cccs1)C(C)C. The molecule has 1 heterocycles. The van der Waals surface area contributed by atoms with Crippen LogP contribution in [0.2, 0.25) is 0 Å². The summed E-state index contributed by atoms with van der Waals surface area (Å²) in [5, 5.41) is 7.45. The average Bonchev–Trinajstić information content (AvgIpc) is 3.06. The smallest absolute Gasteiger partial charge is 0.262 e. The number of rotatable bonds is 6. The highest BCUT2D eigenvalue weighted by atomic mass is 79.9. The van der Waals surface area contributed by atoms with E-state index in [0.29, 0.717) is 16.3 Å². The normalized spacial score (nSPS) is 11.9. The number of methoxy groups -OCH3 is 1. The van der Waals surface area contributed by atoms with Crippen molar-refractivity contribution in [2.45, 2.75) is 19.9 Å². The van der Waals surface area contributed by atoms with Gasteiger partial charge < -0.3 is 15.4 Å². The van der Waals surface area contributed by atoms with E-state index in [1.54, 1.807) is 24.3 Å². The molecule has 2 N–H and O–H groups in total. The van der Waals surface area contributed by atoms with E-state index < -0.39 is 6.04 Å². The molecule has 0 bridgehead atoms. The third-order valence-electron chi connectivity index (χ3n) is 3.40. The molecule has 1 aromatic heterocycles. The van der Waals surface area contributed by atoms with Gasteiger partial charge in [0.15, 0.2) is 0 Å². The van der Waals surface area contributed by atoms with Crippen molar-refractivity contribution in [3.63, 3.8) is 0 Å². The Morgan fingerprint density at radius 3 is 2.58 bits per heavy atom. The summed E-state index contributed by atoms with van der Waals surface area (Å²) in [5.74, 6) is -0.0444. The molecule has 0 spiro atoms. The molecule has 0 saturated heterocycles. The Morgan fingerprint density at radius 2 is 2.00 bits per heavy atom. The highest BCUT2D eigenvalue weighted by molar-refractivity contribution is 9.10. The molecule has 0 radical (unpaired) electrons. The summed E-state index contributed by atoms with van der Waals surface area (Å²) < 4.78 is 6.08. The van der Waals surface area contributed by atoms with Crippen LogP contribution in [0.15, 0.2) is 40.2 Å². The van der Waals surface area contributed by atoms with Gasteiger partial charge in [0.25, 0.3) is 5.91 Å². The molecular weight excluding hydrogens is 392 g/mol. The lowest BCUT2D eigenvalue weighted by Gasteiger charge is -2.22. The van der Waals surface area contributed by atoms with Gasteiger partial charge in [-0.3, -0.25) is 9.59 Å². The van der Waals surface area contributed by atoms with Gasteiger partial charge >= 0.3 is 0 Å². The number of carbonyl (C=O) groups excluding carboxylic acids is 2. The first-order valence-electron chi connectivity index (χ1n) is 7.41. The molecule has 0 fully saturated rings. The number of anilines is 1. The quantitative estimate of drug-likeness (QED) is 0.758. The summed E-state index contributed by atoms with van der Waals surface area (Å²) in [5.41, 5.74) is 0.549. The van der Waals surface area contributed by atoms with E-state index in [2.05, 4.69) is 26.6 Å². The molecule has 128 valence electrons. The highest BCUT2D eigenvalue weighted by Gasteiger charge is 2.25. The summed E-state index contributed by atoms with van der Waals surface area (Å²) in [6.07, 6.45) is 0. The van der Waals surface area contributed by atoms with Crippen molar-refractivity contribution in [3.05, 3.63) is 45.1 Å². The minimum atomic E-state index is -0.650. The Bertz CT molecular complexity index is 717. The second-order valence-electron chi connectivity index (χ2n) is 5.51. The van der Waals surface area contributed by atoms with Gasteiger partial charge in [-0.2, -0.15) is 0 Å². The summed E-state index contributed by atoms with van der Waals surface area (Å²) in [6, 6.07) is 8.22. The maximum absolute atomic E-state index is 12.6. The molecule has 7 heteroatoms. The van der Waals surface area contributed by atoms with Crippen molar-refractivity contribution in [1.29, 1.82) is 0 Å². The lowest BCUT2D eigenvalue weighted by Crippen LogP contribution is -2.47. The van der Waals surface area contributed by atoms with E-state index in [1.165, 1.54) is 18.4 Å². The van der Waals surface area contributed by atoms with Gasteiger partial charge in [-0.15, -0.1) is 11.3 Å². The second-order valence-corrected chi connectivity index (χ2v) is 7.37. The van der Waals surface area contributed by atoms with E-state index in [-0.39, 0.29) is 17.7 Å². The maximum Gasteiger partial charge on any atom is 0.262 e. The Morgan fingerprint density at radius 1 is 1.25 bits per heavy atom. The predicted molar refractivity (Wildman–Crippen MR) is 99.7 cm³/mol. The molecule has 1 atom stereocenters. The summed E-state index contributed by atoms with van der Waals surface area (Å²) >= 11 is 4.71. The van der Waals surface area contributed by atoms with Crippen molar-refractivity contribution >= 4 is 44.8 Å². The number of hydrogen-bond donors (Lipinski definition) is 2. The van der Waals surface area contributed by atoms with Gasteiger partial charge in [0.2, 0.25) is 5.91 Å². The van der Waals surface area contributed by atoms with Gasteiger partial charge in [-0.25, -0.2) is 0 Å². The summed E-state index contributed by atoms with van der Waals surface area (Å²) in [6.45, 7) is 3.77. The van der Waals surface area contributed by atoms with Crippen LogP contribution in [0, 0.1) is 5.92 Å². The van der Waals surface area contributed by atoms with Crippen molar-refractivity contribution < 1.29 is 14.3 Å². The minimum absolute atomic E-state index is 0.0629. The monoisotopic (exact) mass is 410 g/mol. The first-order valence-corrected chi connectivity index (χ1v) is 9.08. The minimum Gasteiger partial charge on any atom is -0.495 e. The third kappa shape index (κ3) is 4.58. The van der Waals surface area contributed by atoms with Gasteiger partial charge in [0.1, 0.15) is 11.8 Å². The predicted octanol–water partition coefficient (Wildman–Crippen LogP) is 3.91. The fraction of sp³-hybridized carbons (Fsp3) is 0.294. The van der Waals surface area contributed by atoms with Gasteiger partial charge in [-0.1, -0.05) is 35.8 Å². The lowest BCUT2D eigenvalue weighted by molar-refractivity contribution is -0.118. The van der Waals surface area contributed by atoms with Crippen LogP contribution < -0.4 is 15.4 Å².